The van der Waals surface area contributed by atoms with E-state index in [1.165, 1.54) is 0 Å². The molecule has 4 aliphatic rings. The number of imide groups is 2. The maximum Gasteiger partial charge on any atom is 0.416 e. The fourth-order valence-corrected chi connectivity index (χ4v) is 8.90. The topological polar surface area (TPSA) is 95.0 Å². The number of aromatic hydroxyl groups is 1. The monoisotopic (exact) mass is 830 g/mol. The third-order valence-corrected chi connectivity index (χ3v) is 11.8. The van der Waals surface area contributed by atoms with Crippen LogP contribution in [0.1, 0.15) is 35.4 Å². The standard InChI is InChI=1S/C34H16Cl2F12N2O5/c35-31-9-16-14(2-3-15-19(16)28(53)49(27(15)52)13-7-11(33(43,44)45)6-12(8-13)34(46,47)48)20(10-1-4-18(51)17(37)5-10)32(31,36)30(55)50(29(31)54)26-24(41)22(39)21(38)23(40)25(26)42/h1-2,4-8,15-16,19-20,51H,3,9H2. The molecule has 1 saturated carbocycles. The van der Waals surface area contributed by atoms with Crippen molar-refractivity contribution in [2.24, 2.45) is 17.8 Å². The number of phenolic OH excluding ortho intramolecular Hbond substituents is 1. The summed E-state index contributed by atoms with van der Waals surface area (Å²) in [6.07, 6.45) is -11.2. The first kappa shape index (κ1) is 38.5. The van der Waals surface area contributed by atoms with Gasteiger partial charge in [-0.3, -0.25) is 19.2 Å². The second-order valence-electron chi connectivity index (χ2n) is 13.2. The number of hydrogen-bond acceptors (Lipinski definition) is 5. The summed E-state index contributed by atoms with van der Waals surface area (Å²) in [5.74, 6) is -29.1. The fraction of sp³-hybridized carbons (Fsp3) is 0.294. The second-order valence-corrected chi connectivity index (χ2v) is 14.4. The van der Waals surface area contributed by atoms with Crippen LogP contribution in [0.15, 0.2) is 48.0 Å². The number of hydrogen-bond donors (Lipinski definition) is 1. The van der Waals surface area contributed by atoms with Crippen LogP contribution in [0.25, 0.3) is 0 Å². The average molecular weight is 831 g/mol. The molecule has 2 saturated heterocycles. The second kappa shape index (κ2) is 12.1. The normalized spacial score (nSPS) is 28.1. The van der Waals surface area contributed by atoms with Gasteiger partial charge < -0.3 is 5.11 Å². The van der Waals surface area contributed by atoms with Gasteiger partial charge in [0.05, 0.1) is 28.7 Å². The van der Waals surface area contributed by atoms with Crippen molar-refractivity contribution in [3.8, 4) is 5.75 Å². The molecule has 4 amide bonds. The number of anilines is 2. The predicted octanol–water partition coefficient (Wildman–Crippen LogP) is 8.03. The molecule has 0 aromatic heterocycles. The van der Waals surface area contributed by atoms with E-state index in [0.717, 1.165) is 18.2 Å². The summed E-state index contributed by atoms with van der Waals surface area (Å²) in [6.45, 7) is 0. The van der Waals surface area contributed by atoms with Gasteiger partial charge in [0, 0.05) is 5.92 Å². The van der Waals surface area contributed by atoms with Gasteiger partial charge in [0.2, 0.25) is 17.6 Å². The number of halogens is 14. The molecule has 1 N–H and O–H groups in total. The highest BCUT2D eigenvalue weighted by Gasteiger charge is 2.77. The SMILES string of the molecule is O=C1C2CC=C3C(CC4(Cl)C(=O)N(c5c(F)c(F)c(F)c(F)c5F)C(=O)C4(Cl)C3c3ccc(O)c(F)c3)C2C(=O)N1c1cc(C(F)(F)F)cc(C(F)(F)F)c1. The Morgan fingerprint density at radius 1 is 0.691 bits per heavy atom. The molecule has 2 heterocycles. The van der Waals surface area contributed by atoms with Crippen molar-refractivity contribution >= 4 is 58.2 Å². The lowest BCUT2D eigenvalue weighted by atomic mass is 9.56. The zero-order valence-electron chi connectivity index (χ0n) is 26.5. The molecule has 7 rings (SSSR count). The predicted molar refractivity (Wildman–Crippen MR) is 163 cm³/mol. The number of alkyl halides is 8. The van der Waals surface area contributed by atoms with Gasteiger partial charge in [-0.05, 0) is 54.7 Å². The number of benzene rings is 3. The van der Waals surface area contributed by atoms with Crippen molar-refractivity contribution in [2.45, 2.75) is 40.9 Å². The molecule has 2 aliphatic carbocycles. The van der Waals surface area contributed by atoms with Crippen LogP contribution in [0, 0.1) is 52.7 Å². The molecule has 0 radical (unpaired) electrons. The van der Waals surface area contributed by atoms with E-state index >= 15 is 8.78 Å². The van der Waals surface area contributed by atoms with Crippen molar-refractivity contribution in [3.05, 3.63) is 99.6 Å². The lowest BCUT2D eigenvalue weighted by Gasteiger charge is -2.50. The molecule has 7 nitrogen and oxygen atoms in total. The highest BCUT2D eigenvalue weighted by Crippen LogP contribution is 2.66. The van der Waals surface area contributed by atoms with Crippen LogP contribution < -0.4 is 9.80 Å². The molecule has 6 atom stereocenters. The van der Waals surface area contributed by atoms with Gasteiger partial charge in [0.25, 0.3) is 11.8 Å². The minimum atomic E-state index is -5.40. The maximum atomic E-state index is 15.1. The van der Waals surface area contributed by atoms with Crippen molar-refractivity contribution in [1.29, 1.82) is 0 Å². The molecule has 2 aliphatic heterocycles. The van der Waals surface area contributed by atoms with Crippen LogP contribution in [-0.2, 0) is 31.5 Å². The molecule has 3 fully saturated rings. The summed E-state index contributed by atoms with van der Waals surface area (Å²) in [7, 11) is 0. The summed E-state index contributed by atoms with van der Waals surface area (Å²) in [4.78, 5) is 49.7. The zero-order valence-corrected chi connectivity index (χ0v) is 28.0. The maximum absolute atomic E-state index is 15.1. The van der Waals surface area contributed by atoms with E-state index in [4.69, 9.17) is 23.2 Å². The molecule has 3 aromatic carbocycles. The van der Waals surface area contributed by atoms with Crippen molar-refractivity contribution in [1.82, 2.24) is 0 Å². The van der Waals surface area contributed by atoms with Gasteiger partial charge in [-0.15, -0.1) is 23.2 Å². The van der Waals surface area contributed by atoms with Crippen molar-refractivity contribution in [3.63, 3.8) is 0 Å². The Morgan fingerprint density at radius 2 is 1.24 bits per heavy atom. The minimum absolute atomic E-state index is 0.0675. The number of carbonyl (C=O) groups excluding carboxylic acids is 4. The molecule has 55 heavy (non-hydrogen) atoms. The first-order valence-electron chi connectivity index (χ1n) is 15.5. The first-order chi connectivity index (χ1) is 25.4. The Morgan fingerprint density at radius 3 is 1.76 bits per heavy atom. The minimum Gasteiger partial charge on any atom is -0.505 e. The van der Waals surface area contributed by atoms with Gasteiger partial charge in [-0.1, -0.05) is 17.7 Å². The molecule has 0 spiro atoms. The number of phenols is 1. The van der Waals surface area contributed by atoms with E-state index in [1.54, 1.807) is 0 Å². The molecule has 290 valence electrons. The Bertz CT molecular complexity index is 2250. The quantitative estimate of drug-likeness (QED) is 0.0721. The molecular weight excluding hydrogens is 815 g/mol. The third kappa shape index (κ3) is 5.20. The van der Waals surface area contributed by atoms with Crippen molar-refractivity contribution in [2.75, 3.05) is 9.80 Å². The molecule has 0 bridgehead atoms. The molecule has 21 heteroatoms. The highest BCUT2D eigenvalue weighted by molar-refractivity contribution is 6.58. The zero-order chi connectivity index (χ0) is 40.6. The largest absolute Gasteiger partial charge is 0.505 e. The average Bonchev–Trinajstić information content (AvgIpc) is 3.45. The van der Waals surface area contributed by atoms with Crippen LogP contribution in [0.3, 0.4) is 0 Å². The van der Waals surface area contributed by atoms with E-state index in [9.17, 15) is 68.2 Å². The number of amides is 4. The van der Waals surface area contributed by atoms with Gasteiger partial charge >= 0.3 is 12.4 Å². The summed E-state index contributed by atoms with van der Waals surface area (Å²) < 4.78 is 170. The number of fused-ring (bicyclic) bond motifs is 4. The van der Waals surface area contributed by atoms with E-state index < -0.39 is 156 Å². The summed E-state index contributed by atoms with van der Waals surface area (Å²) in [5.41, 5.74) is -7.64. The Balaban J connectivity index is 1.41. The van der Waals surface area contributed by atoms with Crippen LogP contribution >= 0.6 is 23.2 Å². The third-order valence-electron chi connectivity index (χ3n) is 10.4. The lowest BCUT2D eigenvalue weighted by Crippen LogP contribution is -2.60. The van der Waals surface area contributed by atoms with E-state index in [1.807, 2.05) is 0 Å². The highest BCUT2D eigenvalue weighted by atomic mass is 35.5. The summed E-state index contributed by atoms with van der Waals surface area (Å²) in [6, 6.07) is 2.23. The van der Waals surface area contributed by atoms with Crippen LogP contribution in [-0.4, -0.2) is 38.5 Å². The Hall–Kier alpha value is -4.78. The first-order valence-corrected chi connectivity index (χ1v) is 16.3. The number of carbonyl (C=O) groups is 4. The van der Waals surface area contributed by atoms with Crippen LogP contribution in [0.5, 0.6) is 5.75 Å². The summed E-state index contributed by atoms with van der Waals surface area (Å²) in [5, 5.41) is 9.87. The lowest BCUT2D eigenvalue weighted by molar-refractivity contribution is -0.143. The van der Waals surface area contributed by atoms with Crippen LogP contribution in [0.2, 0.25) is 0 Å². The number of allylic oxidation sites excluding steroid dienone is 2. The van der Waals surface area contributed by atoms with E-state index in [-0.39, 0.29) is 28.7 Å². The summed E-state index contributed by atoms with van der Waals surface area (Å²) >= 11 is 13.8. The molecule has 3 aromatic rings. The van der Waals surface area contributed by atoms with Gasteiger partial charge in [-0.25, -0.2) is 36.1 Å². The molecular formula is C34H16Cl2F12N2O5. The number of nitrogens with zero attached hydrogens (tertiary/aromatic N) is 2. The van der Waals surface area contributed by atoms with E-state index in [2.05, 4.69) is 0 Å². The fourth-order valence-electron chi connectivity index (χ4n) is 7.97. The Labute approximate surface area is 308 Å². The molecule has 6 unspecified atom stereocenters. The van der Waals surface area contributed by atoms with Crippen LogP contribution in [0.4, 0.5) is 64.1 Å². The van der Waals surface area contributed by atoms with Gasteiger partial charge in [-0.2, -0.15) is 26.3 Å². The smallest absolute Gasteiger partial charge is 0.416 e. The van der Waals surface area contributed by atoms with Gasteiger partial charge in [0.15, 0.2) is 44.6 Å². The number of rotatable bonds is 3. The van der Waals surface area contributed by atoms with Crippen molar-refractivity contribution < 1.29 is 77.0 Å². The van der Waals surface area contributed by atoms with Gasteiger partial charge in [0.1, 0.15) is 5.69 Å². The van der Waals surface area contributed by atoms with E-state index in [0.29, 0.717) is 6.07 Å². The Kier molecular flexibility index (Phi) is 8.47.